The molecule has 0 aromatic heterocycles. The lowest BCUT2D eigenvalue weighted by atomic mass is 10.0. The molecule has 0 bridgehead atoms. The molecule has 0 aromatic rings. The Labute approximate surface area is 68.8 Å². The first kappa shape index (κ1) is 8.55. The molecule has 1 aliphatic heterocycles. The number of likely N-dealkylation sites (tertiary alicyclic amines) is 1. The second-order valence-corrected chi connectivity index (χ2v) is 3.76. The van der Waals surface area contributed by atoms with E-state index in [2.05, 4.69) is 31.7 Å². The van der Waals surface area contributed by atoms with Crippen LogP contribution in [0.1, 0.15) is 20.8 Å². The van der Waals surface area contributed by atoms with Crippen molar-refractivity contribution in [3.8, 4) is 6.07 Å². The molecule has 0 amide bonds. The lowest BCUT2D eigenvalue weighted by Gasteiger charge is -2.19. The topological polar surface area (TPSA) is 27.0 Å². The van der Waals surface area contributed by atoms with Crippen molar-refractivity contribution >= 4 is 0 Å². The number of hydrogen-bond donors (Lipinski definition) is 0. The van der Waals surface area contributed by atoms with Gasteiger partial charge in [0.15, 0.2) is 0 Å². The third-order valence-corrected chi connectivity index (χ3v) is 2.54. The van der Waals surface area contributed by atoms with Gasteiger partial charge in [-0.25, -0.2) is 0 Å². The summed E-state index contributed by atoms with van der Waals surface area (Å²) in [5, 5.41) is 8.76. The summed E-state index contributed by atoms with van der Waals surface area (Å²) in [6, 6.07) is 2.95. The molecule has 1 fully saturated rings. The van der Waals surface area contributed by atoms with Crippen molar-refractivity contribution in [1.82, 2.24) is 4.90 Å². The van der Waals surface area contributed by atoms with Crippen molar-refractivity contribution in [2.24, 2.45) is 11.8 Å². The molecule has 1 aliphatic rings. The molecule has 1 saturated heterocycles. The van der Waals surface area contributed by atoms with Gasteiger partial charge in [-0.1, -0.05) is 6.92 Å². The van der Waals surface area contributed by atoms with E-state index in [-0.39, 0.29) is 5.92 Å². The maximum atomic E-state index is 8.76. The summed E-state index contributed by atoms with van der Waals surface area (Å²) in [6.45, 7) is 8.60. The standard InChI is InChI=1S/C9H16N2/c1-7(2)11-5-8(3)9(4-10)6-11/h7-9H,5-6H2,1-3H3/t8-,9+/m0/s1. The molecule has 0 aromatic carbocycles. The van der Waals surface area contributed by atoms with Crippen LogP contribution in [0.3, 0.4) is 0 Å². The fraction of sp³-hybridized carbons (Fsp3) is 0.889. The highest BCUT2D eigenvalue weighted by atomic mass is 15.2. The molecule has 11 heavy (non-hydrogen) atoms. The predicted octanol–water partition coefficient (Wildman–Crippen LogP) is 1.49. The highest BCUT2D eigenvalue weighted by molar-refractivity contribution is 4.95. The predicted molar refractivity (Wildman–Crippen MR) is 45.0 cm³/mol. The number of nitrogens with zero attached hydrogens (tertiary/aromatic N) is 2. The average Bonchev–Trinajstić information content (AvgIpc) is 2.31. The first-order chi connectivity index (χ1) is 5.15. The summed E-state index contributed by atoms with van der Waals surface area (Å²) < 4.78 is 0. The highest BCUT2D eigenvalue weighted by Gasteiger charge is 2.30. The van der Waals surface area contributed by atoms with Crippen LogP contribution in [-0.2, 0) is 0 Å². The van der Waals surface area contributed by atoms with Crippen LogP contribution in [0.15, 0.2) is 0 Å². The quantitative estimate of drug-likeness (QED) is 0.569. The van der Waals surface area contributed by atoms with Crippen LogP contribution in [0.4, 0.5) is 0 Å². The van der Waals surface area contributed by atoms with Crippen molar-refractivity contribution in [2.45, 2.75) is 26.8 Å². The molecule has 0 aliphatic carbocycles. The van der Waals surface area contributed by atoms with Crippen LogP contribution in [0.25, 0.3) is 0 Å². The zero-order valence-electron chi connectivity index (χ0n) is 7.54. The Hall–Kier alpha value is -0.550. The monoisotopic (exact) mass is 152 g/mol. The van der Waals surface area contributed by atoms with Crippen LogP contribution in [0.5, 0.6) is 0 Å². The van der Waals surface area contributed by atoms with Gasteiger partial charge in [-0.2, -0.15) is 5.26 Å². The molecular formula is C9H16N2. The first-order valence-corrected chi connectivity index (χ1v) is 4.28. The molecular weight excluding hydrogens is 136 g/mol. The molecule has 1 rings (SSSR count). The number of rotatable bonds is 1. The average molecular weight is 152 g/mol. The van der Waals surface area contributed by atoms with Crippen molar-refractivity contribution in [2.75, 3.05) is 13.1 Å². The van der Waals surface area contributed by atoms with E-state index in [1.54, 1.807) is 0 Å². The number of nitriles is 1. The highest BCUT2D eigenvalue weighted by Crippen LogP contribution is 2.23. The maximum Gasteiger partial charge on any atom is 0.0672 e. The second-order valence-electron chi connectivity index (χ2n) is 3.76. The molecule has 1 heterocycles. The van der Waals surface area contributed by atoms with E-state index >= 15 is 0 Å². The third kappa shape index (κ3) is 1.72. The summed E-state index contributed by atoms with van der Waals surface area (Å²) in [4.78, 5) is 2.37. The second kappa shape index (κ2) is 3.23. The molecule has 0 saturated carbocycles. The molecule has 0 radical (unpaired) electrons. The van der Waals surface area contributed by atoms with E-state index in [9.17, 15) is 0 Å². The van der Waals surface area contributed by atoms with Gasteiger partial charge >= 0.3 is 0 Å². The van der Waals surface area contributed by atoms with Gasteiger partial charge in [-0.15, -0.1) is 0 Å². The van der Waals surface area contributed by atoms with E-state index < -0.39 is 0 Å². The fourth-order valence-corrected chi connectivity index (χ4v) is 1.59. The minimum atomic E-state index is 0.261. The van der Waals surface area contributed by atoms with Gasteiger partial charge in [-0.3, -0.25) is 4.90 Å². The Balaban J connectivity index is 2.51. The third-order valence-electron chi connectivity index (χ3n) is 2.54. The minimum Gasteiger partial charge on any atom is -0.299 e. The fourth-order valence-electron chi connectivity index (χ4n) is 1.59. The Morgan fingerprint density at radius 3 is 2.36 bits per heavy atom. The van der Waals surface area contributed by atoms with Crippen molar-refractivity contribution in [3.05, 3.63) is 0 Å². The first-order valence-electron chi connectivity index (χ1n) is 4.28. The van der Waals surface area contributed by atoms with E-state index in [1.807, 2.05) is 0 Å². The molecule has 2 nitrogen and oxygen atoms in total. The summed E-state index contributed by atoms with van der Waals surface area (Å²) in [5.74, 6) is 0.819. The van der Waals surface area contributed by atoms with E-state index in [0.717, 1.165) is 13.1 Å². The van der Waals surface area contributed by atoms with Crippen LogP contribution in [0, 0.1) is 23.2 Å². The van der Waals surface area contributed by atoms with Crippen LogP contribution < -0.4 is 0 Å². The normalized spacial score (nSPS) is 32.6. The molecule has 2 heteroatoms. The lowest BCUT2D eigenvalue weighted by Crippen LogP contribution is -2.28. The largest absolute Gasteiger partial charge is 0.299 e. The Morgan fingerprint density at radius 1 is 1.45 bits per heavy atom. The zero-order valence-corrected chi connectivity index (χ0v) is 7.54. The van der Waals surface area contributed by atoms with Gasteiger partial charge in [0.1, 0.15) is 0 Å². The van der Waals surface area contributed by atoms with Crippen LogP contribution in [-0.4, -0.2) is 24.0 Å². The van der Waals surface area contributed by atoms with Crippen LogP contribution >= 0.6 is 0 Å². The van der Waals surface area contributed by atoms with Crippen LogP contribution in [0.2, 0.25) is 0 Å². The molecule has 0 unspecified atom stereocenters. The van der Waals surface area contributed by atoms with Gasteiger partial charge < -0.3 is 0 Å². The maximum absolute atomic E-state index is 8.76. The Morgan fingerprint density at radius 2 is 2.09 bits per heavy atom. The van der Waals surface area contributed by atoms with Gasteiger partial charge in [0.05, 0.1) is 12.0 Å². The molecule has 0 N–H and O–H groups in total. The SMILES string of the molecule is CC(C)N1C[C@@H](C#N)[C@@H](C)C1. The van der Waals surface area contributed by atoms with E-state index in [1.165, 1.54) is 0 Å². The smallest absolute Gasteiger partial charge is 0.0672 e. The van der Waals surface area contributed by atoms with Gasteiger partial charge in [0, 0.05) is 19.1 Å². The summed E-state index contributed by atoms with van der Waals surface area (Å²) >= 11 is 0. The van der Waals surface area contributed by atoms with Crippen molar-refractivity contribution < 1.29 is 0 Å². The minimum absolute atomic E-state index is 0.261. The van der Waals surface area contributed by atoms with Gasteiger partial charge in [0.2, 0.25) is 0 Å². The summed E-state index contributed by atoms with van der Waals surface area (Å²) in [6.07, 6.45) is 0. The molecule has 62 valence electrons. The lowest BCUT2D eigenvalue weighted by molar-refractivity contribution is 0.265. The zero-order chi connectivity index (χ0) is 8.43. The van der Waals surface area contributed by atoms with Crippen molar-refractivity contribution in [3.63, 3.8) is 0 Å². The summed E-state index contributed by atoms with van der Waals surface area (Å²) in [7, 11) is 0. The summed E-state index contributed by atoms with van der Waals surface area (Å²) in [5.41, 5.74) is 0. The molecule has 2 atom stereocenters. The van der Waals surface area contributed by atoms with E-state index in [4.69, 9.17) is 5.26 Å². The van der Waals surface area contributed by atoms with E-state index in [0.29, 0.717) is 12.0 Å². The number of hydrogen-bond acceptors (Lipinski definition) is 2. The van der Waals surface area contributed by atoms with Gasteiger partial charge in [0.25, 0.3) is 0 Å². The molecule has 0 spiro atoms. The van der Waals surface area contributed by atoms with Crippen molar-refractivity contribution in [1.29, 1.82) is 5.26 Å². The Kier molecular flexibility index (Phi) is 2.51. The Bertz CT molecular complexity index is 169. The van der Waals surface area contributed by atoms with Gasteiger partial charge in [-0.05, 0) is 19.8 Å².